The van der Waals surface area contributed by atoms with Crippen LogP contribution in [0.1, 0.15) is 10.4 Å². The van der Waals surface area contributed by atoms with Crippen molar-refractivity contribution in [1.29, 1.82) is 0 Å². The summed E-state index contributed by atoms with van der Waals surface area (Å²) in [4.78, 5) is 22.6. The summed E-state index contributed by atoms with van der Waals surface area (Å²) >= 11 is 12.3. The number of nitrogens with one attached hydrogen (secondary N) is 2. The molecule has 0 unspecified atom stereocenters. The molecule has 3 rings (SSSR count). The minimum atomic E-state index is -0.704. The Kier molecular flexibility index (Phi) is 4.83. The highest BCUT2D eigenvalue weighted by atomic mass is 35.5. The van der Waals surface area contributed by atoms with E-state index in [1.54, 1.807) is 12.1 Å². The highest BCUT2D eigenvalue weighted by Crippen LogP contribution is 2.29. The Morgan fingerprint density at radius 2 is 2.00 bits per heavy atom. The van der Waals surface area contributed by atoms with Gasteiger partial charge in [0, 0.05) is 6.07 Å². The molecule has 25 heavy (non-hydrogen) atoms. The van der Waals surface area contributed by atoms with Gasteiger partial charge in [-0.25, -0.2) is 0 Å². The molecule has 0 radical (unpaired) electrons. The number of para-hydroxylation sites is 1. The number of nitrogens with zero attached hydrogens (tertiary/aromatic N) is 3. The van der Waals surface area contributed by atoms with Gasteiger partial charge in [0.1, 0.15) is 16.6 Å². The normalized spacial score (nSPS) is 10.4. The molecule has 0 bridgehead atoms. The molecule has 0 spiro atoms. The van der Waals surface area contributed by atoms with Crippen molar-refractivity contribution in [2.75, 3.05) is 5.32 Å². The lowest BCUT2D eigenvalue weighted by Crippen LogP contribution is -2.34. The van der Waals surface area contributed by atoms with Gasteiger partial charge in [-0.3, -0.25) is 20.2 Å². The Morgan fingerprint density at radius 3 is 2.76 bits per heavy atom. The summed E-state index contributed by atoms with van der Waals surface area (Å²) in [5, 5.41) is 16.5. The van der Waals surface area contributed by atoms with E-state index in [9.17, 15) is 14.9 Å². The molecule has 0 fully saturated rings. The van der Waals surface area contributed by atoms with Crippen LogP contribution in [0, 0.1) is 10.1 Å². The summed E-state index contributed by atoms with van der Waals surface area (Å²) in [5.41, 5.74) is 1.13. The van der Waals surface area contributed by atoms with E-state index < -0.39 is 10.8 Å². The second-order valence-electron chi connectivity index (χ2n) is 4.74. The van der Waals surface area contributed by atoms with Crippen molar-refractivity contribution in [3.8, 4) is 0 Å². The minimum absolute atomic E-state index is 0.0643. The zero-order chi connectivity index (χ0) is 18.0. The van der Waals surface area contributed by atoms with Gasteiger partial charge in [-0.05, 0) is 30.4 Å². The van der Waals surface area contributed by atoms with Crippen LogP contribution in [0.3, 0.4) is 0 Å². The highest BCUT2D eigenvalue weighted by molar-refractivity contribution is 7.80. The highest BCUT2D eigenvalue weighted by Gasteiger charge is 2.20. The first-order valence-corrected chi connectivity index (χ1v) is 8.25. The van der Waals surface area contributed by atoms with Crippen molar-refractivity contribution >= 4 is 69.0 Å². The number of hydrogen-bond donors (Lipinski definition) is 2. The largest absolute Gasteiger partial charge is 0.329 e. The Labute approximate surface area is 155 Å². The number of anilines is 1. The molecule has 2 N–H and O–H groups in total. The molecule has 1 heterocycles. The van der Waals surface area contributed by atoms with Crippen LogP contribution in [-0.2, 0) is 0 Å². The number of hydrogen-bond acceptors (Lipinski definition) is 7. The molecular formula is C14H8ClN5O3S2. The summed E-state index contributed by atoms with van der Waals surface area (Å²) < 4.78 is 8.22. The minimum Gasteiger partial charge on any atom is -0.329 e. The summed E-state index contributed by atoms with van der Waals surface area (Å²) in [7, 11) is 0. The average Bonchev–Trinajstić information content (AvgIpc) is 3.06. The Hall–Kier alpha value is -2.69. The van der Waals surface area contributed by atoms with Crippen molar-refractivity contribution < 1.29 is 9.72 Å². The number of nitro benzene ring substituents is 1. The number of halogens is 1. The van der Waals surface area contributed by atoms with Crippen LogP contribution in [-0.4, -0.2) is 24.7 Å². The van der Waals surface area contributed by atoms with Gasteiger partial charge >= 0.3 is 0 Å². The maximum Gasteiger partial charge on any atom is 0.282 e. The van der Waals surface area contributed by atoms with Gasteiger partial charge in [-0.1, -0.05) is 23.7 Å². The van der Waals surface area contributed by atoms with E-state index in [1.165, 1.54) is 24.3 Å². The van der Waals surface area contributed by atoms with Gasteiger partial charge < -0.3 is 5.32 Å². The monoisotopic (exact) mass is 393 g/mol. The third-order valence-electron chi connectivity index (χ3n) is 3.19. The third-order valence-corrected chi connectivity index (χ3v) is 4.25. The van der Waals surface area contributed by atoms with E-state index in [0.29, 0.717) is 21.7 Å². The third kappa shape index (κ3) is 3.55. The molecule has 0 aliphatic heterocycles. The molecule has 8 nitrogen and oxygen atoms in total. The lowest BCUT2D eigenvalue weighted by atomic mass is 10.1. The molecule has 1 aromatic heterocycles. The van der Waals surface area contributed by atoms with Crippen LogP contribution in [0.4, 0.5) is 11.4 Å². The summed E-state index contributed by atoms with van der Waals surface area (Å²) in [6.45, 7) is 0. The Bertz CT molecular complexity index is 1010. The molecule has 2 aromatic carbocycles. The topological polar surface area (TPSA) is 110 Å². The SMILES string of the molecule is O=C(NC(=S)Nc1c(Cl)ccc2nsnc12)c1ccccc1[N+](=O)[O-]. The average molecular weight is 394 g/mol. The van der Waals surface area contributed by atoms with Gasteiger partial charge in [-0.15, -0.1) is 0 Å². The van der Waals surface area contributed by atoms with E-state index in [4.69, 9.17) is 23.8 Å². The molecule has 0 saturated heterocycles. The van der Waals surface area contributed by atoms with Gasteiger partial charge in [0.25, 0.3) is 11.6 Å². The van der Waals surface area contributed by atoms with Gasteiger partial charge in [0.05, 0.1) is 27.4 Å². The van der Waals surface area contributed by atoms with E-state index in [0.717, 1.165) is 11.7 Å². The lowest BCUT2D eigenvalue weighted by molar-refractivity contribution is -0.385. The fourth-order valence-electron chi connectivity index (χ4n) is 2.09. The number of thiocarbonyl (C=S) groups is 1. The first-order valence-electron chi connectivity index (χ1n) is 6.74. The maximum atomic E-state index is 12.3. The molecule has 0 aliphatic carbocycles. The first-order chi connectivity index (χ1) is 12.0. The fourth-order valence-corrected chi connectivity index (χ4v) is 3.02. The van der Waals surface area contributed by atoms with E-state index in [1.807, 2.05) is 0 Å². The van der Waals surface area contributed by atoms with E-state index in [2.05, 4.69) is 19.4 Å². The molecule has 0 atom stereocenters. The van der Waals surface area contributed by atoms with Crippen molar-refractivity contribution in [1.82, 2.24) is 14.1 Å². The maximum absolute atomic E-state index is 12.3. The first kappa shape index (κ1) is 17.1. The standard InChI is InChI=1S/C14H8ClN5O3S2/c15-8-5-6-9-12(19-25-18-9)11(8)16-14(24)17-13(21)7-3-1-2-4-10(7)20(22)23/h1-6H,(H2,16,17,21,24). The van der Waals surface area contributed by atoms with Crippen LogP contribution < -0.4 is 10.6 Å². The second-order valence-corrected chi connectivity index (χ2v) is 6.08. The molecule has 126 valence electrons. The number of amides is 1. The van der Waals surface area contributed by atoms with Crippen molar-refractivity contribution in [3.05, 3.63) is 57.1 Å². The summed E-state index contributed by atoms with van der Waals surface area (Å²) in [5.74, 6) is -0.704. The van der Waals surface area contributed by atoms with Crippen LogP contribution in [0.15, 0.2) is 36.4 Å². The summed E-state index contributed by atoms with van der Waals surface area (Å²) in [6, 6.07) is 8.91. The van der Waals surface area contributed by atoms with Gasteiger partial charge in [0.15, 0.2) is 5.11 Å². The lowest BCUT2D eigenvalue weighted by Gasteiger charge is -2.11. The van der Waals surface area contributed by atoms with Crippen LogP contribution >= 0.6 is 35.5 Å². The second kappa shape index (κ2) is 7.05. The van der Waals surface area contributed by atoms with Crippen LogP contribution in [0.25, 0.3) is 11.0 Å². The summed E-state index contributed by atoms with van der Waals surface area (Å²) in [6.07, 6.45) is 0. The Balaban J connectivity index is 1.81. The number of aromatic nitrogens is 2. The zero-order valence-corrected chi connectivity index (χ0v) is 14.6. The molecule has 1 amide bonds. The number of carbonyl (C=O) groups excluding carboxylic acids is 1. The van der Waals surface area contributed by atoms with Crippen LogP contribution in [0.2, 0.25) is 5.02 Å². The number of nitro groups is 1. The predicted molar refractivity (Wildman–Crippen MR) is 99.2 cm³/mol. The van der Waals surface area contributed by atoms with Gasteiger partial charge in [-0.2, -0.15) is 8.75 Å². The predicted octanol–water partition coefficient (Wildman–Crippen LogP) is 3.38. The molecule has 0 aliphatic rings. The zero-order valence-electron chi connectivity index (χ0n) is 12.2. The smallest absolute Gasteiger partial charge is 0.282 e. The van der Waals surface area contributed by atoms with E-state index >= 15 is 0 Å². The fraction of sp³-hybridized carbons (Fsp3) is 0. The molecule has 11 heteroatoms. The van der Waals surface area contributed by atoms with Crippen molar-refractivity contribution in [2.45, 2.75) is 0 Å². The van der Waals surface area contributed by atoms with Crippen molar-refractivity contribution in [3.63, 3.8) is 0 Å². The van der Waals surface area contributed by atoms with Gasteiger partial charge in [0.2, 0.25) is 0 Å². The number of fused-ring (bicyclic) bond motifs is 1. The number of benzene rings is 2. The molecular weight excluding hydrogens is 386 g/mol. The quantitative estimate of drug-likeness (QED) is 0.398. The number of rotatable bonds is 3. The molecule has 0 saturated carbocycles. The number of carbonyl (C=O) groups is 1. The van der Waals surface area contributed by atoms with Crippen molar-refractivity contribution in [2.24, 2.45) is 0 Å². The Morgan fingerprint density at radius 1 is 1.24 bits per heavy atom. The van der Waals surface area contributed by atoms with Crippen LogP contribution in [0.5, 0.6) is 0 Å². The molecule has 3 aromatic rings. The van der Waals surface area contributed by atoms with E-state index in [-0.39, 0.29) is 16.4 Å².